The Kier molecular flexibility index (Phi) is 13.8. The van der Waals surface area contributed by atoms with E-state index in [2.05, 4.69) is 0 Å². The van der Waals surface area contributed by atoms with E-state index in [1.54, 1.807) is 58.0 Å². The van der Waals surface area contributed by atoms with Gasteiger partial charge >= 0.3 is 12.2 Å². The number of sulfone groups is 1. The van der Waals surface area contributed by atoms with Gasteiger partial charge in [-0.15, -0.1) is 11.8 Å². The third-order valence-electron chi connectivity index (χ3n) is 10.6. The first-order valence-corrected chi connectivity index (χ1v) is 21.4. The molecule has 4 aromatic carbocycles. The summed E-state index contributed by atoms with van der Waals surface area (Å²) in [6.45, 7) is 4.41. The lowest BCUT2D eigenvalue weighted by molar-refractivity contribution is -0.0725. The number of aliphatic hydroxyl groups is 2. The highest BCUT2D eigenvalue weighted by molar-refractivity contribution is 7.98. The first kappa shape index (κ1) is 42.6. The molecule has 0 bridgehead atoms. The van der Waals surface area contributed by atoms with Gasteiger partial charge in [0.15, 0.2) is 9.84 Å². The predicted molar refractivity (Wildman–Crippen MR) is 210 cm³/mol. The van der Waals surface area contributed by atoms with E-state index >= 15 is 0 Å². The smallest absolute Gasteiger partial charge is 0.411 e. The molecule has 2 aliphatic rings. The monoisotopic (exact) mass is 810 g/mol. The number of ether oxygens (including phenoxy) is 2. The molecule has 2 N–H and O–H groups in total. The second kappa shape index (κ2) is 18.2. The van der Waals surface area contributed by atoms with Crippen LogP contribution in [0.15, 0.2) is 107 Å². The molecule has 0 radical (unpaired) electrons. The van der Waals surface area contributed by atoms with Crippen molar-refractivity contribution in [1.29, 1.82) is 0 Å². The van der Waals surface area contributed by atoms with Gasteiger partial charge in [0.1, 0.15) is 22.8 Å². The Labute approximate surface area is 331 Å². The fourth-order valence-electron chi connectivity index (χ4n) is 7.19. The molecule has 6 rings (SSSR count). The Morgan fingerprint density at radius 3 is 1.38 bits per heavy atom. The first-order valence-electron chi connectivity index (χ1n) is 18.3. The zero-order chi connectivity index (χ0) is 40.7. The van der Waals surface area contributed by atoms with Gasteiger partial charge in [-0.05, 0) is 90.9 Å². The average molecular weight is 811 g/mol. The van der Waals surface area contributed by atoms with Crippen LogP contribution >= 0.6 is 11.8 Å². The maximum Gasteiger partial charge on any atom is 0.411 e. The van der Waals surface area contributed by atoms with Crippen LogP contribution in [-0.4, -0.2) is 79.4 Å². The molecule has 0 aromatic heterocycles. The van der Waals surface area contributed by atoms with Crippen molar-refractivity contribution in [3.05, 3.63) is 131 Å². The molecule has 14 heteroatoms. The molecular weight excluding hydrogens is 763 g/mol. The minimum absolute atomic E-state index is 0.115. The Hall–Kier alpha value is -4.50. The second-order valence-electron chi connectivity index (χ2n) is 14.0. The minimum Gasteiger partial charge on any atom is -0.438 e. The average Bonchev–Trinajstić information content (AvgIpc) is 3.18. The van der Waals surface area contributed by atoms with E-state index in [-0.39, 0.29) is 54.7 Å². The van der Waals surface area contributed by atoms with Gasteiger partial charge in [-0.25, -0.2) is 26.8 Å². The Morgan fingerprint density at radius 2 is 1.05 bits per heavy atom. The molecule has 10 nitrogen and oxygen atoms in total. The SMILES string of the molecule is CSc1ccc([C@H](C)N2CC[C@](CCO)(c3ccc(F)cc3)OC2=O)cc1.C[C@@H](c1ccc(S(C)(=O)=O)cc1)N1CC[C@](CCO)(c2ccc(F)cc2)OC1=O. The van der Waals surface area contributed by atoms with Crippen LogP contribution < -0.4 is 0 Å². The maximum atomic E-state index is 13.3. The summed E-state index contributed by atoms with van der Waals surface area (Å²) in [4.78, 5) is 30.3. The summed E-state index contributed by atoms with van der Waals surface area (Å²) < 4.78 is 61.5. The molecule has 56 heavy (non-hydrogen) atoms. The van der Waals surface area contributed by atoms with Gasteiger partial charge in [-0.3, -0.25) is 0 Å². The topological polar surface area (TPSA) is 134 Å². The van der Waals surface area contributed by atoms with Crippen LogP contribution in [-0.2, 0) is 30.5 Å². The number of hydrogen-bond donors (Lipinski definition) is 2. The van der Waals surface area contributed by atoms with Crippen molar-refractivity contribution in [2.75, 3.05) is 38.8 Å². The van der Waals surface area contributed by atoms with Gasteiger partial charge in [-0.2, -0.15) is 0 Å². The van der Waals surface area contributed by atoms with E-state index in [1.165, 1.54) is 41.3 Å². The molecule has 2 aliphatic heterocycles. The summed E-state index contributed by atoms with van der Waals surface area (Å²) in [6.07, 6.45) is 3.70. The fourth-order valence-corrected chi connectivity index (χ4v) is 8.23. The van der Waals surface area contributed by atoms with Crippen LogP contribution in [0.1, 0.15) is 73.9 Å². The Balaban J connectivity index is 0.000000215. The summed E-state index contributed by atoms with van der Waals surface area (Å²) in [5.41, 5.74) is 1.26. The number of nitrogens with zero attached hydrogens (tertiary/aromatic N) is 2. The molecule has 2 heterocycles. The molecule has 4 atom stereocenters. The molecule has 2 amide bonds. The molecule has 2 fully saturated rings. The van der Waals surface area contributed by atoms with Crippen LogP contribution in [0, 0.1) is 11.6 Å². The Morgan fingerprint density at radius 1 is 0.679 bits per heavy atom. The molecule has 0 saturated carbocycles. The van der Waals surface area contributed by atoms with Crippen molar-refractivity contribution >= 4 is 33.8 Å². The largest absolute Gasteiger partial charge is 0.438 e. The van der Waals surface area contributed by atoms with Gasteiger partial charge < -0.3 is 29.5 Å². The fraction of sp³-hybridized carbons (Fsp3) is 0.381. The van der Waals surface area contributed by atoms with E-state index in [9.17, 15) is 37.0 Å². The summed E-state index contributed by atoms with van der Waals surface area (Å²) >= 11 is 1.67. The van der Waals surface area contributed by atoms with Crippen molar-refractivity contribution in [1.82, 2.24) is 9.80 Å². The summed E-state index contributed by atoms with van der Waals surface area (Å²) in [7, 11) is -3.29. The van der Waals surface area contributed by atoms with Gasteiger partial charge in [0, 0.05) is 63.1 Å². The molecule has 300 valence electrons. The third-order valence-corrected chi connectivity index (χ3v) is 12.5. The number of carbonyl (C=O) groups excluding carboxylic acids is 2. The van der Waals surface area contributed by atoms with Crippen LogP contribution in [0.5, 0.6) is 0 Å². The first-order chi connectivity index (χ1) is 26.6. The zero-order valence-corrected chi connectivity index (χ0v) is 33.5. The number of amides is 2. The van der Waals surface area contributed by atoms with Crippen LogP contribution in [0.2, 0.25) is 0 Å². The number of thioether (sulfide) groups is 1. The molecule has 0 spiro atoms. The lowest BCUT2D eigenvalue weighted by atomic mass is 9.85. The molecular formula is C42H48F2N2O8S2. The van der Waals surface area contributed by atoms with Crippen molar-refractivity contribution in [3.8, 4) is 0 Å². The number of aliphatic hydroxyl groups excluding tert-OH is 2. The van der Waals surface area contributed by atoms with Gasteiger partial charge in [0.05, 0.1) is 17.0 Å². The van der Waals surface area contributed by atoms with Crippen molar-refractivity contribution < 1.29 is 46.5 Å². The van der Waals surface area contributed by atoms with Crippen LogP contribution in [0.25, 0.3) is 0 Å². The van der Waals surface area contributed by atoms with E-state index in [4.69, 9.17) is 9.47 Å². The number of benzene rings is 4. The summed E-state index contributed by atoms with van der Waals surface area (Å²) in [5, 5.41) is 19.0. The van der Waals surface area contributed by atoms with E-state index < -0.39 is 33.2 Å². The molecule has 0 unspecified atom stereocenters. The normalized spacial score (nSPS) is 21.0. The lowest BCUT2D eigenvalue weighted by Crippen LogP contribution is -2.49. The van der Waals surface area contributed by atoms with E-state index in [1.807, 2.05) is 44.4 Å². The zero-order valence-electron chi connectivity index (χ0n) is 31.9. The van der Waals surface area contributed by atoms with Crippen molar-refractivity contribution in [2.45, 2.75) is 72.6 Å². The third kappa shape index (κ3) is 9.71. The van der Waals surface area contributed by atoms with Crippen molar-refractivity contribution in [3.63, 3.8) is 0 Å². The van der Waals surface area contributed by atoms with Crippen molar-refractivity contribution in [2.24, 2.45) is 0 Å². The quantitative estimate of drug-likeness (QED) is 0.136. The number of carbonyl (C=O) groups is 2. The van der Waals surface area contributed by atoms with Gasteiger partial charge in [0.2, 0.25) is 0 Å². The molecule has 2 saturated heterocycles. The predicted octanol–water partition coefficient (Wildman–Crippen LogP) is 8.14. The second-order valence-corrected chi connectivity index (χ2v) is 16.9. The highest BCUT2D eigenvalue weighted by Gasteiger charge is 2.44. The van der Waals surface area contributed by atoms with Gasteiger partial charge in [0.25, 0.3) is 0 Å². The summed E-state index contributed by atoms with van der Waals surface area (Å²) in [6, 6.07) is 25.8. The Bertz CT molecular complexity index is 2050. The number of halogens is 2. The minimum atomic E-state index is -3.29. The number of cyclic esters (lactones) is 2. The number of rotatable bonds is 12. The highest BCUT2D eigenvalue weighted by Crippen LogP contribution is 2.41. The van der Waals surface area contributed by atoms with Crippen LogP contribution in [0.4, 0.5) is 18.4 Å². The number of hydrogen-bond acceptors (Lipinski definition) is 9. The van der Waals surface area contributed by atoms with E-state index in [0.29, 0.717) is 37.1 Å². The van der Waals surface area contributed by atoms with Crippen LogP contribution in [0.3, 0.4) is 0 Å². The standard InChI is InChI=1S/C21H24FNO5S.C21H24FNO3S/c1-15(16-3-9-19(10-4-16)29(2,26)27)23-13-11-21(12-14-24,28-20(23)25)17-5-7-18(22)8-6-17;1-15(16-3-9-19(27-2)10-4-16)23-13-11-21(12-14-24,26-20(23)25)17-5-7-18(22)8-6-17/h3-10,15,24H,11-14H2,1-2H3;3-10,15,24H,11-14H2,1-2H3/t2*15-,21-/m00/s1. The lowest BCUT2D eigenvalue weighted by Gasteiger charge is -2.43. The highest BCUT2D eigenvalue weighted by atomic mass is 32.2. The van der Waals surface area contributed by atoms with Gasteiger partial charge in [-0.1, -0.05) is 48.5 Å². The maximum absolute atomic E-state index is 13.3. The molecule has 4 aromatic rings. The van der Waals surface area contributed by atoms with E-state index in [0.717, 1.165) is 17.4 Å². The summed E-state index contributed by atoms with van der Waals surface area (Å²) in [5.74, 6) is -0.730. The molecule has 0 aliphatic carbocycles.